The standard InChI is InChI=1S/C9H19NO/c1-5-8(11)10-7-6-9(2,3)4/h5-7H2,1-4H3,(H,10,11). The second-order valence-corrected chi connectivity index (χ2v) is 4.01. The SMILES string of the molecule is CCC(=O)NCCC(C)(C)C. The lowest BCUT2D eigenvalue weighted by molar-refractivity contribution is -0.120. The Hall–Kier alpha value is -0.530. The van der Waals surface area contributed by atoms with E-state index >= 15 is 0 Å². The molecule has 11 heavy (non-hydrogen) atoms. The van der Waals surface area contributed by atoms with Crippen molar-refractivity contribution in [1.29, 1.82) is 0 Å². The third kappa shape index (κ3) is 7.37. The number of carbonyl (C=O) groups excluding carboxylic acids is 1. The van der Waals surface area contributed by atoms with Crippen molar-refractivity contribution in [3.05, 3.63) is 0 Å². The second-order valence-electron chi connectivity index (χ2n) is 4.01. The molecule has 0 bridgehead atoms. The van der Waals surface area contributed by atoms with E-state index in [2.05, 4.69) is 26.1 Å². The van der Waals surface area contributed by atoms with Crippen molar-refractivity contribution >= 4 is 5.91 Å². The van der Waals surface area contributed by atoms with Crippen LogP contribution in [0.25, 0.3) is 0 Å². The van der Waals surface area contributed by atoms with Crippen LogP contribution in [-0.2, 0) is 4.79 Å². The van der Waals surface area contributed by atoms with E-state index in [1.165, 1.54) is 0 Å². The van der Waals surface area contributed by atoms with Crippen LogP contribution in [0.15, 0.2) is 0 Å². The highest BCUT2D eigenvalue weighted by molar-refractivity contribution is 5.75. The topological polar surface area (TPSA) is 29.1 Å². The summed E-state index contributed by atoms with van der Waals surface area (Å²) < 4.78 is 0. The molecule has 2 nitrogen and oxygen atoms in total. The normalized spacial score (nSPS) is 11.3. The van der Waals surface area contributed by atoms with E-state index in [9.17, 15) is 4.79 Å². The van der Waals surface area contributed by atoms with E-state index in [1.807, 2.05) is 6.92 Å². The van der Waals surface area contributed by atoms with Gasteiger partial charge in [0, 0.05) is 13.0 Å². The highest BCUT2D eigenvalue weighted by Gasteiger charge is 2.09. The molecule has 1 N–H and O–H groups in total. The fraction of sp³-hybridized carbons (Fsp3) is 0.889. The lowest BCUT2D eigenvalue weighted by atomic mass is 9.92. The quantitative estimate of drug-likeness (QED) is 0.666. The van der Waals surface area contributed by atoms with Gasteiger partial charge in [0.25, 0.3) is 0 Å². The van der Waals surface area contributed by atoms with Gasteiger partial charge in [-0.15, -0.1) is 0 Å². The zero-order valence-electron chi connectivity index (χ0n) is 8.03. The Kier molecular flexibility index (Phi) is 4.16. The minimum Gasteiger partial charge on any atom is -0.356 e. The summed E-state index contributed by atoms with van der Waals surface area (Å²) in [6, 6.07) is 0. The molecule has 0 rings (SSSR count). The van der Waals surface area contributed by atoms with Gasteiger partial charge in [-0.2, -0.15) is 0 Å². The molecule has 0 aliphatic heterocycles. The average molecular weight is 157 g/mol. The maximum absolute atomic E-state index is 10.8. The van der Waals surface area contributed by atoms with Gasteiger partial charge < -0.3 is 5.32 Å². The monoisotopic (exact) mass is 157 g/mol. The Morgan fingerprint density at radius 3 is 2.27 bits per heavy atom. The van der Waals surface area contributed by atoms with Gasteiger partial charge in [-0.3, -0.25) is 4.79 Å². The fourth-order valence-electron chi connectivity index (χ4n) is 0.702. The van der Waals surface area contributed by atoms with Crippen molar-refractivity contribution in [2.24, 2.45) is 5.41 Å². The van der Waals surface area contributed by atoms with Crippen molar-refractivity contribution in [3.63, 3.8) is 0 Å². The third-order valence-corrected chi connectivity index (χ3v) is 1.52. The maximum atomic E-state index is 10.8. The molecular weight excluding hydrogens is 138 g/mol. The maximum Gasteiger partial charge on any atom is 0.219 e. The van der Waals surface area contributed by atoms with Crippen LogP contribution in [0.5, 0.6) is 0 Å². The summed E-state index contributed by atoms with van der Waals surface area (Å²) in [4.78, 5) is 10.8. The lowest BCUT2D eigenvalue weighted by Gasteiger charge is -2.17. The van der Waals surface area contributed by atoms with Gasteiger partial charge in [0.2, 0.25) is 5.91 Å². The molecule has 0 aromatic rings. The molecule has 0 saturated carbocycles. The van der Waals surface area contributed by atoms with Crippen LogP contribution in [-0.4, -0.2) is 12.5 Å². The fourth-order valence-corrected chi connectivity index (χ4v) is 0.702. The molecule has 66 valence electrons. The number of hydrogen-bond donors (Lipinski definition) is 1. The van der Waals surface area contributed by atoms with Gasteiger partial charge in [-0.05, 0) is 11.8 Å². The first kappa shape index (κ1) is 10.5. The van der Waals surface area contributed by atoms with Gasteiger partial charge in [-0.25, -0.2) is 0 Å². The summed E-state index contributed by atoms with van der Waals surface area (Å²) in [5.41, 5.74) is 0.320. The molecule has 0 aliphatic carbocycles. The highest BCUT2D eigenvalue weighted by Crippen LogP contribution is 2.16. The number of amides is 1. The van der Waals surface area contributed by atoms with E-state index in [-0.39, 0.29) is 5.91 Å². The van der Waals surface area contributed by atoms with Crippen molar-refractivity contribution < 1.29 is 4.79 Å². The Bertz CT molecular complexity index is 124. The number of rotatable bonds is 3. The minimum atomic E-state index is 0.147. The van der Waals surface area contributed by atoms with Gasteiger partial charge >= 0.3 is 0 Å². The minimum absolute atomic E-state index is 0.147. The molecule has 0 aromatic carbocycles. The zero-order chi connectivity index (χ0) is 8.91. The molecule has 1 amide bonds. The Balaban J connectivity index is 3.35. The lowest BCUT2D eigenvalue weighted by Crippen LogP contribution is -2.26. The van der Waals surface area contributed by atoms with Crippen molar-refractivity contribution in [3.8, 4) is 0 Å². The molecule has 0 atom stereocenters. The van der Waals surface area contributed by atoms with Crippen LogP contribution in [0.2, 0.25) is 0 Å². The van der Waals surface area contributed by atoms with E-state index in [1.54, 1.807) is 0 Å². The molecular formula is C9H19NO. The van der Waals surface area contributed by atoms with E-state index in [0.29, 0.717) is 11.8 Å². The molecule has 0 heterocycles. The molecule has 0 radical (unpaired) electrons. The molecule has 0 fully saturated rings. The van der Waals surface area contributed by atoms with Crippen LogP contribution >= 0.6 is 0 Å². The smallest absolute Gasteiger partial charge is 0.219 e. The van der Waals surface area contributed by atoms with Crippen LogP contribution in [0, 0.1) is 5.41 Å². The summed E-state index contributed by atoms with van der Waals surface area (Å²) in [5.74, 6) is 0.147. The van der Waals surface area contributed by atoms with Crippen molar-refractivity contribution in [1.82, 2.24) is 5.32 Å². The van der Waals surface area contributed by atoms with Gasteiger partial charge in [0.05, 0.1) is 0 Å². The summed E-state index contributed by atoms with van der Waals surface area (Å²) in [6.45, 7) is 9.18. The molecule has 2 heteroatoms. The first-order valence-corrected chi connectivity index (χ1v) is 4.22. The van der Waals surface area contributed by atoms with Gasteiger partial charge in [0.1, 0.15) is 0 Å². The Labute approximate surface area is 69.4 Å². The highest BCUT2D eigenvalue weighted by atomic mass is 16.1. The summed E-state index contributed by atoms with van der Waals surface area (Å²) in [5, 5.41) is 2.85. The second kappa shape index (κ2) is 4.37. The largest absolute Gasteiger partial charge is 0.356 e. The molecule has 0 aliphatic rings. The van der Waals surface area contributed by atoms with Gasteiger partial charge in [-0.1, -0.05) is 27.7 Å². The summed E-state index contributed by atoms with van der Waals surface area (Å²) in [6.07, 6.45) is 1.63. The van der Waals surface area contributed by atoms with Crippen LogP contribution in [0.1, 0.15) is 40.5 Å². The summed E-state index contributed by atoms with van der Waals surface area (Å²) >= 11 is 0. The Morgan fingerprint density at radius 2 is 1.91 bits per heavy atom. The Morgan fingerprint density at radius 1 is 1.36 bits per heavy atom. The van der Waals surface area contributed by atoms with Crippen LogP contribution in [0.4, 0.5) is 0 Å². The summed E-state index contributed by atoms with van der Waals surface area (Å²) in [7, 11) is 0. The van der Waals surface area contributed by atoms with E-state index < -0.39 is 0 Å². The first-order chi connectivity index (χ1) is 4.95. The number of nitrogens with one attached hydrogen (secondary N) is 1. The molecule has 0 saturated heterocycles. The molecule has 0 unspecified atom stereocenters. The number of carbonyl (C=O) groups is 1. The first-order valence-electron chi connectivity index (χ1n) is 4.22. The average Bonchev–Trinajstić information content (AvgIpc) is 1.85. The van der Waals surface area contributed by atoms with E-state index in [0.717, 1.165) is 13.0 Å². The van der Waals surface area contributed by atoms with Crippen LogP contribution in [0.3, 0.4) is 0 Å². The van der Waals surface area contributed by atoms with Crippen molar-refractivity contribution in [2.45, 2.75) is 40.5 Å². The third-order valence-electron chi connectivity index (χ3n) is 1.52. The predicted octanol–water partition coefficient (Wildman–Crippen LogP) is 1.95. The van der Waals surface area contributed by atoms with Crippen LogP contribution < -0.4 is 5.32 Å². The zero-order valence-corrected chi connectivity index (χ0v) is 8.03. The van der Waals surface area contributed by atoms with Gasteiger partial charge in [0.15, 0.2) is 0 Å². The predicted molar refractivity (Wildman–Crippen MR) is 47.4 cm³/mol. The van der Waals surface area contributed by atoms with E-state index in [4.69, 9.17) is 0 Å². The number of hydrogen-bond acceptors (Lipinski definition) is 1. The molecule has 0 spiro atoms. The van der Waals surface area contributed by atoms with Crippen molar-refractivity contribution in [2.75, 3.05) is 6.54 Å². The molecule has 0 aromatic heterocycles.